The number of hydrogen-bond donors (Lipinski definition) is 1. The van der Waals surface area contributed by atoms with Gasteiger partial charge in [0.05, 0.1) is 0 Å². The standard InChI is InChI=1S/C11H24N2/c1-3-6-11(9-12)13-8-5-7-10(13)4-2/h10-11H,3-9,12H2,1-2H3. The van der Waals surface area contributed by atoms with Crippen molar-refractivity contribution in [3.8, 4) is 0 Å². The minimum absolute atomic E-state index is 0.650. The van der Waals surface area contributed by atoms with Crippen LogP contribution in [0.25, 0.3) is 0 Å². The van der Waals surface area contributed by atoms with E-state index in [0.29, 0.717) is 6.04 Å². The maximum atomic E-state index is 5.81. The molecule has 0 spiro atoms. The van der Waals surface area contributed by atoms with E-state index < -0.39 is 0 Å². The molecule has 2 unspecified atom stereocenters. The molecule has 0 aliphatic carbocycles. The summed E-state index contributed by atoms with van der Waals surface area (Å²) in [7, 11) is 0. The lowest BCUT2D eigenvalue weighted by molar-refractivity contribution is 0.170. The summed E-state index contributed by atoms with van der Waals surface area (Å²) in [6, 6.07) is 1.47. The first kappa shape index (κ1) is 11.0. The molecule has 1 saturated heterocycles. The largest absolute Gasteiger partial charge is 0.329 e. The second-order valence-corrected chi connectivity index (χ2v) is 4.12. The third kappa shape index (κ3) is 2.68. The van der Waals surface area contributed by atoms with Gasteiger partial charge in [-0.25, -0.2) is 0 Å². The Morgan fingerprint density at radius 1 is 1.46 bits per heavy atom. The molecular weight excluding hydrogens is 160 g/mol. The highest BCUT2D eigenvalue weighted by molar-refractivity contribution is 4.84. The minimum Gasteiger partial charge on any atom is -0.329 e. The summed E-state index contributed by atoms with van der Waals surface area (Å²) < 4.78 is 0. The molecule has 2 nitrogen and oxygen atoms in total. The summed E-state index contributed by atoms with van der Waals surface area (Å²) in [4.78, 5) is 2.64. The van der Waals surface area contributed by atoms with E-state index in [1.54, 1.807) is 0 Å². The van der Waals surface area contributed by atoms with Crippen LogP contribution >= 0.6 is 0 Å². The van der Waals surface area contributed by atoms with Crippen molar-refractivity contribution >= 4 is 0 Å². The van der Waals surface area contributed by atoms with Crippen molar-refractivity contribution in [2.24, 2.45) is 5.73 Å². The van der Waals surface area contributed by atoms with E-state index in [1.807, 2.05) is 0 Å². The molecule has 0 amide bonds. The van der Waals surface area contributed by atoms with Crippen molar-refractivity contribution in [1.29, 1.82) is 0 Å². The SMILES string of the molecule is CCCC(CN)N1CCCC1CC. The second-order valence-electron chi connectivity index (χ2n) is 4.12. The molecule has 1 aliphatic rings. The third-order valence-corrected chi connectivity index (χ3v) is 3.26. The first-order valence-corrected chi connectivity index (χ1v) is 5.79. The molecule has 0 radical (unpaired) electrons. The third-order valence-electron chi connectivity index (χ3n) is 3.26. The number of nitrogens with two attached hydrogens (primary N) is 1. The zero-order valence-electron chi connectivity index (χ0n) is 9.13. The van der Waals surface area contributed by atoms with Gasteiger partial charge in [-0.05, 0) is 32.2 Å². The van der Waals surface area contributed by atoms with Crippen molar-refractivity contribution in [3.05, 3.63) is 0 Å². The van der Waals surface area contributed by atoms with Crippen LogP contribution in [0.5, 0.6) is 0 Å². The molecule has 1 rings (SSSR count). The highest BCUT2D eigenvalue weighted by Gasteiger charge is 2.27. The molecule has 0 saturated carbocycles. The van der Waals surface area contributed by atoms with Gasteiger partial charge >= 0.3 is 0 Å². The van der Waals surface area contributed by atoms with Crippen molar-refractivity contribution in [2.75, 3.05) is 13.1 Å². The molecule has 0 aromatic heterocycles. The van der Waals surface area contributed by atoms with Crippen LogP contribution in [0.3, 0.4) is 0 Å². The molecular formula is C11H24N2. The Hall–Kier alpha value is -0.0800. The van der Waals surface area contributed by atoms with Gasteiger partial charge in [-0.1, -0.05) is 20.3 Å². The van der Waals surface area contributed by atoms with Crippen molar-refractivity contribution in [3.63, 3.8) is 0 Å². The summed E-state index contributed by atoms with van der Waals surface area (Å²) in [6.45, 7) is 6.66. The fourth-order valence-electron chi connectivity index (χ4n) is 2.53. The maximum Gasteiger partial charge on any atom is 0.0221 e. The van der Waals surface area contributed by atoms with Gasteiger partial charge in [-0.15, -0.1) is 0 Å². The van der Waals surface area contributed by atoms with E-state index in [2.05, 4.69) is 18.7 Å². The van der Waals surface area contributed by atoms with Gasteiger partial charge in [0.2, 0.25) is 0 Å². The molecule has 1 aliphatic heterocycles. The van der Waals surface area contributed by atoms with Crippen LogP contribution in [0.1, 0.15) is 46.0 Å². The predicted molar refractivity (Wildman–Crippen MR) is 57.8 cm³/mol. The second kappa shape index (κ2) is 5.61. The zero-order valence-corrected chi connectivity index (χ0v) is 9.13. The Bertz CT molecular complexity index is 136. The summed E-state index contributed by atoms with van der Waals surface area (Å²) in [6.07, 6.45) is 6.58. The zero-order chi connectivity index (χ0) is 9.68. The van der Waals surface area contributed by atoms with Crippen molar-refractivity contribution in [1.82, 2.24) is 4.90 Å². The summed E-state index contributed by atoms with van der Waals surface area (Å²) in [5.41, 5.74) is 5.81. The smallest absolute Gasteiger partial charge is 0.0221 e. The van der Waals surface area contributed by atoms with Gasteiger partial charge in [-0.2, -0.15) is 0 Å². The van der Waals surface area contributed by atoms with Crippen LogP contribution in [0.4, 0.5) is 0 Å². The van der Waals surface area contributed by atoms with Crippen LogP contribution in [-0.4, -0.2) is 30.1 Å². The first-order valence-electron chi connectivity index (χ1n) is 5.79. The number of rotatable bonds is 5. The van der Waals surface area contributed by atoms with E-state index >= 15 is 0 Å². The van der Waals surface area contributed by atoms with E-state index in [1.165, 1.54) is 38.6 Å². The number of likely N-dealkylation sites (tertiary alicyclic amines) is 1. The van der Waals surface area contributed by atoms with Crippen LogP contribution < -0.4 is 5.73 Å². The molecule has 0 bridgehead atoms. The van der Waals surface area contributed by atoms with E-state index in [4.69, 9.17) is 5.73 Å². The first-order chi connectivity index (χ1) is 6.33. The van der Waals surface area contributed by atoms with Crippen molar-refractivity contribution in [2.45, 2.75) is 58.0 Å². The Morgan fingerprint density at radius 2 is 2.23 bits per heavy atom. The Labute approximate surface area is 82.5 Å². The molecule has 1 heterocycles. The van der Waals surface area contributed by atoms with Crippen LogP contribution in [0.2, 0.25) is 0 Å². The van der Waals surface area contributed by atoms with Gasteiger partial charge < -0.3 is 5.73 Å². The lowest BCUT2D eigenvalue weighted by Crippen LogP contribution is -2.43. The molecule has 2 atom stereocenters. The lowest BCUT2D eigenvalue weighted by Gasteiger charge is -2.31. The van der Waals surface area contributed by atoms with Crippen LogP contribution in [-0.2, 0) is 0 Å². The van der Waals surface area contributed by atoms with Gasteiger partial charge in [0.1, 0.15) is 0 Å². The highest BCUT2D eigenvalue weighted by atomic mass is 15.2. The molecule has 2 heteroatoms. The van der Waals surface area contributed by atoms with Gasteiger partial charge in [0.25, 0.3) is 0 Å². The van der Waals surface area contributed by atoms with Crippen molar-refractivity contribution < 1.29 is 0 Å². The molecule has 0 aromatic carbocycles. The number of hydrogen-bond acceptors (Lipinski definition) is 2. The summed E-state index contributed by atoms with van der Waals surface area (Å²) in [5.74, 6) is 0. The maximum absolute atomic E-state index is 5.81. The monoisotopic (exact) mass is 184 g/mol. The number of nitrogens with zero attached hydrogens (tertiary/aromatic N) is 1. The normalized spacial score (nSPS) is 26.5. The lowest BCUT2D eigenvalue weighted by atomic mass is 10.1. The molecule has 1 fully saturated rings. The Balaban J connectivity index is 2.46. The molecule has 0 aromatic rings. The summed E-state index contributed by atoms with van der Waals surface area (Å²) in [5, 5.41) is 0. The quantitative estimate of drug-likeness (QED) is 0.708. The van der Waals surface area contributed by atoms with E-state index in [-0.39, 0.29) is 0 Å². The van der Waals surface area contributed by atoms with Gasteiger partial charge in [0.15, 0.2) is 0 Å². The fraction of sp³-hybridized carbons (Fsp3) is 1.00. The minimum atomic E-state index is 0.650. The average Bonchev–Trinajstić information content (AvgIpc) is 2.61. The van der Waals surface area contributed by atoms with Crippen LogP contribution in [0.15, 0.2) is 0 Å². The van der Waals surface area contributed by atoms with E-state index in [0.717, 1.165) is 12.6 Å². The fourth-order valence-corrected chi connectivity index (χ4v) is 2.53. The molecule has 78 valence electrons. The highest BCUT2D eigenvalue weighted by Crippen LogP contribution is 2.23. The van der Waals surface area contributed by atoms with Gasteiger partial charge in [-0.3, -0.25) is 4.90 Å². The van der Waals surface area contributed by atoms with Gasteiger partial charge in [0, 0.05) is 18.6 Å². The molecule has 2 N–H and O–H groups in total. The Morgan fingerprint density at radius 3 is 2.77 bits per heavy atom. The molecule has 13 heavy (non-hydrogen) atoms. The predicted octanol–water partition coefficient (Wildman–Crippen LogP) is 1.99. The Kier molecular flexibility index (Phi) is 4.74. The summed E-state index contributed by atoms with van der Waals surface area (Å²) >= 11 is 0. The van der Waals surface area contributed by atoms with Crippen LogP contribution in [0, 0.1) is 0 Å². The average molecular weight is 184 g/mol. The topological polar surface area (TPSA) is 29.3 Å². The van der Waals surface area contributed by atoms with E-state index in [9.17, 15) is 0 Å².